The number of nitrogens with two attached hydrogens (primary N) is 1. The summed E-state index contributed by atoms with van der Waals surface area (Å²) >= 11 is 5.65. The minimum Gasteiger partial charge on any atom is -0.506 e. The van der Waals surface area contributed by atoms with Gasteiger partial charge in [-0.15, -0.1) is 0 Å². The molecule has 0 spiro atoms. The van der Waals surface area contributed by atoms with Gasteiger partial charge in [0.15, 0.2) is 0 Å². The monoisotopic (exact) mass is 217 g/mol. The van der Waals surface area contributed by atoms with Crippen molar-refractivity contribution in [1.29, 1.82) is 0 Å². The molecule has 0 aromatic heterocycles. The third-order valence-corrected chi connectivity index (χ3v) is 2.38. The molecule has 0 aliphatic rings. The van der Waals surface area contributed by atoms with Gasteiger partial charge in [-0.05, 0) is 32.4 Å². The van der Waals surface area contributed by atoms with Crippen LogP contribution in [0.15, 0.2) is 6.07 Å². The second-order valence-electron chi connectivity index (χ2n) is 3.91. The Morgan fingerprint density at radius 1 is 1.50 bits per heavy atom. The van der Waals surface area contributed by atoms with Crippen LogP contribution in [0.4, 0.5) is 4.39 Å². The first-order valence-electron chi connectivity index (χ1n) is 4.22. The predicted molar refractivity (Wildman–Crippen MR) is 55.0 cm³/mol. The van der Waals surface area contributed by atoms with Crippen LogP contribution in [0.3, 0.4) is 0 Å². The van der Waals surface area contributed by atoms with E-state index in [-0.39, 0.29) is 10.8 Å². The SMILES string of the molecule is Cc1c(F)cc(Cl)c(O)c1C(C)(C)N. The van der Waals surface area contributed by atoms with Crippen molar-refractivity contribution in [3.63, 3.8) is 0 Å². The average molecular weight is 218 g/mol. The summed E-state index contributed by atoms with van der Waals surface area (Å²) < 4.78 is 13.3. The van der Waals surface area contributed by atoms with E-state index >= 15 is 0 Å². The van der Waals surface area contributed by atoms with Crippen LogP contribution in [0, 0.1) is 12.7 Å². The smallest absolute Gasteiger partial charge is 0.139 e. The number of hydrogen-bond acceptors (Lipinski definition) is 2. The van der Waals surface area contributed by atoms with Gasteiger partial charge >= 0.3 is 0 Å². The molecule has 1 rings (SSSR count). The van der Waals surface area contributed by atoms with Gasteiger partial charge in [-0.1, -0.05) is 11.6 Å². The van der Waals surface area contributed by atoms with E-state index in [2.05, 4.69) is 0 Å². The highest BCUT2D eigenvalue weighted by Crippen LogP contribution is 2.37. The first-order valence-corrected chi connectivity index (χ1v) is 4.60. The number of phenolic OH excluding ortho intramolecular Hbond substituents is 1. The molecule has 0 saturated carbocycles. The number of phenols is 1. The van der Waals surface area contributed by atoms with Crippen LogP contribution in [-0.2, 0) is 5.54 Å². The number of hydrogen-bond donors (Lipinski definition) is 2. The number of rotatable bonds is 1. The van der Waals surface area contributed by atoms with E-state index in [4.69, 9.17) is 17.3 Å². The predicted octanol–water partition coefficient (Wildman–Crippen LogP) is 2.69. The molecule has 1 aromatic carbocycles. The zero-order chi connectivity index (χ0) is 11.1. The molecule has 0 atom stereocenters. The Balaban J connectivity index is 3.56. The van der Waals surface area contributed by atoms with Crippen molar-refractivity contribution < 1.29 is 9.50 Å². The molecule has 3 N–H and O–H groups in total. The second-order valence-corrected chi connectivity index (χ2v) is 4.32. The maximum atomic E-state index is 13.3. The lowest BCUT2D eigenvalue weighted by Gasteiger charge is -2.23. The van der Waals surface area contributed by atoms with Crippen molar-refractivity contribution in [2.24, 2.45) is 5.73 Å². The molecule has 14 heavy (non-hydrogen) atoms. The van der Waals surface area contributed by atoms with Crippen LogP contribution in [-0.4, -0.2) is 5.11 Å². The van der Waals surface area contributed by atoms with Crippen molar-refractivity contribution in [2.75, 3.05) is 0 Å². The Labute approximate surface area is 87.5 Å². The van der Waals surface area contributed by atoms with Crippen LogP contribution >= 0.6 is 11.6 Å². The Kier molecular flexibility index (Phi) is 2.74. The van der Waals surface area contributed by atoms with E-state index in [1.54, 1.807) is 20.8 Å². The summed E-state index contributed by atoms with van der Waals surface area (Å²) in [6.07, 6.45) is 0. The molecule has 1 aromatic rings. The van der Waals surface area contributed by atoms with E-state index in [9.17, 15) is 9.50 Å². The average Bonchev–Trinajstić information content (AvgIpc) is 1.98. The maximum Gasteiger partial charge on any atom is 0.139 e. The normalized spacial score (nSPS) is 11.9. The summed E-state index contributed by atoms with van der Waals surface area (Å²) in [6, 6.07) is 1.08. The van der Waals surface area contributed by atoms with E-state index in [0.717, 1.165) is 6.07 Å². The Hall–Kier alpha value is -0.800. The van der Waals surface area contributed by atoms with E-state index in [1.165, 1.54) is 0 Å². The summed E-state index contributed by atoms with van der Waals surface area (Å²) in [5.41, 5.74) is 5.67. The summed E-state index contributed by atoms with van der Waals surface area (Å²) in [5, 5.41) is 9.65. The van der Waals surface area contributed by atoms with Crippen molar-refractivity contribution in [3.05, 3.63) is 28.0 Å². The first kappa shape index (κ1) is 11.3. The highest BCUT2D eigenvalue weighted by molar-refractivity contribution is 6.32. The molecule has 0 bridgehead atoms. The van der Waals surface area contributed by atoms with Gasteiger partial charge in [0, 0.05) is 11.1 Å². The second kappa shape index (κ2) is 3.41. The molecule has 0 amide bonds. The standard InChI is InChI=1S/C10H13ClFNO/c1-5-7(12)4-6(11)9(14)8(5)10(2,3)13/h4,14H,13H2,1-3H3. The van der Waals surface area contributed by atoms with Gasteiger partial charge in [0.1, 0.15) is 11.6 Å². The lowest BCUT2D eigenvalue weighted by Crippen LogP contribution is -2.30. The number of aromatic hydroxyl groups is 1. The van der Waals surface area contributed by atoms with Crippen molar-refractivity contribution in [1.82, 2.24) is 0 Å². The molecule has 0 aliphatic carbocycles. The van der Waals surface area contributed by atoms with Crippen LogP contribution in [0.1, 0.15) is 25.0 Å². The molecule has 0 heterocycles. The largest absolute Gasteiger partial charge is 0.506 e. The van der Waals surface area contributed by atoms with Gasteiger partial charge < -0.3 is 10.8 Å². The van der Waals surface area contributed by atoms with Gasteiger partial charge in [-0.2, -0.15) is 0 Å². The molecule has 78 valence electrons. The summed E-state index contributed by atoms with van der Waals surface area (Å²) in [6.45, 7) is 4.94. The molecular formula is C10H13ClFNO. The lowest BCUT2D eigenvalue weighted by molar-refractivity contribution is 0.434. The minimum absolute atomic E-state index is 0.0124. The number of benzene rings is 1. The molecule has 0 fully saturated rings. The van der Waals surface area contributed by atoms with Gasteiger partial charge in [0.25, 0.3) is 0 Å². The molecule has 0 unspecified atom stereocenters. The third-order valence-electron chi connectivity index (χ3n) is 2.09. The lowest BCUT2D eigenvalue weighted by atomic mass is 9.90. The quantitative estimate of drug-likeness (QED) is 0.760. The zero-order valence-corrected chi connectivity index (χ0v) is 9.11. The molecule has 0 radical (unpaired) electrons. The fourth-order valence-electron chi connectivity index (χ4n) is 1.49. The summed E-state index contributed by atoms with van der Waals surface area (Å²) in [4.78, 5) is 0. The summed E-state index contributed by atoms with van der Waals surface area (Å²) in [7, 11) is 0. The zero-order valence-electron chi connectivity index (χ0n) is 8.36. The highest BCUT2D eigenvalue weighted by Gasteiger charge is 2.24. The van der Waals surface area contributed by atoms with Crippen LogP contribution in [0.5, 0.6) is 5.75 Å². The first-order chi connectivity index (χ1) is 6.25. The van der Waals surface area contributed by atoms with Crippen molar-refractivity contribution in [2.45, 2.75) is 26.3 Å². The van der Waals surface area contributed by atoms with Crippen LogP contribution in [0.25, 0.3) is 0 Å². The fourth-order valence-corrected chi connectivity index (χ4v) is 1.68. The Bertz CT molecular complexity index is 345. The Morgan fingerprint density at radius 2 is 2.00 bits per heavy atom. The molecule has 0 saturated heterocycles. The van der Waals surface area contributed by atoms with Gasteiger partial charge in [0.05, 0.1) is 5.02 Å². The topological polar surface area (TPSA) is 46.2 Å². The molecule has 0 aliphatic heterocycles. The third kappa shape index (κ3) is 1.83. The van der Waals surface area contributed by atoms with Gasteiger partial charge in [-0.25, -0.2) is 4.39 Å². The molecular weight excluding hydrogens is 205 g/mol. The fraction of sp³-hybridized carbons (Fsp3) is 0.400. The van der Waals surface area contributed by atoms with Gasteiger partial charge in [0.2, 0.25) is 0 Å². The van der Waals surface area contributed by atoms with E-state index in [0.29, 0.717) is 11.1 Å². The molecule has 4 heteroatoms. The summed E-state index contributed by atoms with van der Waals surface area (Å²) in [5.74, 6) is -0.598. The van der Waals surface area contributed by atoms with Gasteiger partial charge in [-0.3, -0.25) is 0 Å². The van der Waals surface area contributed by atoms with Crippen LogP contribution < -0.4 is 5.73 Å². The highest BCUT2D eigenvalue weighted by atomic mass is 35.5. The van der Waals surface area contributed by atoms with Crippen molar-refractivity contribution >= 4 is 11.6 Å². The van der Waals surface area contributed by atoms with E-state index in [1.807, 2.05) is 0 Å². The maximum absolute atomic E-state index is 13.3. The number of halogens is 2. The Morgan fingerprint density at radius 3 is 2.43 bits per heavy atom. The van der Waals surface area contributed by atoms with Crippen molar-refractivity contribution in [3.8, 4) is 5.75 Å². The minimum atomic E-state index is -0.820. The van der Waals surface area contributed by atoms with E-state index < -0.39 is 11.4 Å². The molecule has 2 nitrogen and oxygen atoms in total. The van der Waals surface area contributed by atoms with Crippen LogP contribution in [0.2, 0.25) is 5.02 Å².